The fourth-order valence-corrected chi connectivity index (χ4v) is 1.20. The van der Waals surface area contributed by atoms with Crippen molar-refractivity contribution in [3.63, 3.8) is 0 Å². The summed E-state index contributed by atoms with van der Waals surface area (Å²) in [7, 11) is 0. The summed E-state index contributed by atoms with van der Waals surface area (Å²) in [5, 5.41) is 33.3. The van der Waals surface area contributed by atoms with Gasteiger partial charge in [0.2, 0.25) is 5.88 Å². The number of carbonyl (C=O) groups is 2. The van der Waals surface area contributed by atoms with Gasteiger partial charge >= 0.3 is 11.9 Å². The first-order chi connectivity index (χ1) is 8.79. The highest BCUT2D eigenvalue weighted by atomic mass is 16.4. The van der Waals surface area contributed by atoms with Gasteiger partial charge in [0.15, 0.2) is 6.10 Å². The van der Waals surface area contributed by atoms with Crippen molar-refractivity contribution in [1.82, 2.24) is 4.98 Å². The highest BCUT2D eigenvalue weighted by Crippen LogP contribution is 2.15. The van der Waals surface area contributed by atoms with Gasteiger partial charge in [0.1, 0.15) is 0 Å². The lowest BCUT2D eigenvalue weighted by Crippen LogP contribution is -2.22. The first kappa shape index (κ1) is 16.9. The van der Waals surface area contributed by atoms with E-state index in [0.29, 0.717) is 0 Å². The van der Waals surface area contributed by atoms with E-state index in [9.17, 15) is 9.59 Å². The Balaban J connectivity index is 0.000000344. The number of aliphatic hydroxyl groups excluding tert-OH is 1. The molecule has 0 radical (unpaired) electrons. The molecule has 0 aromatic carbocycles. The third kappa shape index (κ3) is 6.37. The van der Waals surface area contributed by atoms with Crippen LogP contribution in [0.2, 0.25) is 0 Å². The summed E-state index contributed by atoms with van der Waals surface area (Å²) in [5.41, 5.74) is 2.05. The molecule has 0 saturated heterocycles. The number of hydrogen-bond donors (Lipinski definition) is 4. The summed E-state index contributed by atoms with van der Waals surface area (Å²) < 4.78 is 0. The van der Waals surface area contributed by atoms with Crippen molar-refractivity contribution in [2.24, 2.45) is 0 Å². The predicted octanol–water partition coefficient (Wildman–Crippen LogP) is 0.565. The Hall–Kier alpha value is -2.15. The number of aromatic nitrogens is 1. The van der Waals surface area contributed by atoms with E-state index < -0.39 is 24.5 Å². The van der Waals surface area contributed by atoms with E-state index >= 15 is 0 Å². The molecule has 1 heterocycles. The van der Waals surface area contributed by atoms with Gasteiger partial charge in [-0.1, -0.05) is 6.92 Å². The van der Waals surface area contributed by atoms with Gasteiger partial charge in [-0.3, -0.25) is 4.79 Å². The van der Waals surface area contributed by atoms with Crippen LogP contribution in [0.1, 0.15) is 24.5 Å². The lowest BCUT2D eigenvalue weighted by atomic mass is 10.1. The number of hydrogen-bond acceptors (Lipinski definition) is 5. The molecule has 0 aliphatic heterocycles. The van der Waals surface area contributed by atoms with Gasteiger partial charge in [0, 0.05) is 11.8 Å². The van der Waals surface area contributed by atoms with Gasteiger partial charge in [0.05, 0.1) is 6.42 Å². The zero-order valence-corrected chi connectivity index (χ0v) is 10.7. The molecule has 0 saturated carbocycles. The number of aliphatic hydroxyl groups is 1. The molecular weight excluding hydrogens is 254 g/mol. The van der Waals surface area contributed by atoms with Crippen molar-refractivity contribution in [2.75, 3.05) is 0 Å². The first-order valence-corrected chi connectivity index (χ1v) is 5.55. The minimum absolute atomic E-state index is 0.152. The van der Waals surface area contributed by atoms with Gasteiger partial charge in [-0.2, -0.15) is 0 Å². The van der Waals surface area contributed by atoms with Crippen molar-refractivity contribution in [1.29, 1.82) is 0 Å². The van der Waals surface area contributed by atoms with E-state index in [1.165, 1.54) is 0 Å². The van der Waals surface area contributed by atoms with Crippen LogP contribution >= 0.6 is 0 Å². The molecule has 0 amide bonds. The Kier molecular flexibility index (Phi) is 7.13. The summed E-state index contributed by atoms with van der Waals surface area (Å²) >= 11 is 0. The molecule has 1 atom stereocenters. The molecule has 0 aliphatic carbocycles. The van der Waals surface area contributed by atoms with Crippen LogP contribution in [0.15, 0.2) is 12.3 Å². The second-order valence-electron chi connectivity index (χ2n) is 3.72. The van der Waals surface area contributed by atoms with Crippen LogP contribution in [-0.4, -0.2) is 43.5 Å². The topological polar surface area (TPSA) is 128 Å². The standard InChI is InChI=1S/C8H11NO.C4H6O5/c1-3-7-4-5-9-8(10)6(7)2;5-2(4(8)9)1-3(6)7/h4-5H,3H2,1-2H3,(H,9,10);2,5H,1H2,(H,6,7)(H,8,9). The van der Waals surface area contributed by atoms with Gasteiger partial charge < -0.3 is 20.4 Å². The Bertz CT molecular complexity index is 446. The number of pyridine rings is 1. The summed E-state index contributed by atoms with van der Waals surface area (Å²) in [6.07, 6.45) is 0.0285. The average molecular weight is 271 g/mol. The molecule has 1 aromatic rings. The van der Waals surface area contributed by atoms with Crippen LogP contribution in [0.25, 0.3) is 0 Å². The molecule has 19 heavy (non-hydrogen) atoms. The zero-order chi connectivity index (χ0) is 15.0. The molecule has 7 nitrogen and oxygen atoms in total. The molecule has 106 valence electrons. The maximum atomic E-state index is 9.72. The monoisotopic (exact) mass is 271 g/mol. The normalized spacial score (nSPS) is 11.1. The van der Waals surface area contributed by atoms with E-state index in [1.54, 1.807) is 6.20 Å². The maximum Gasteiger partial charge on any atom is 0.333 e. The van der Waals surface area contributed by atoms with Crippen molar-refractivity contribution >= 4 is 11.9 Å². The molecule has 0 aliphatic rings. The van der Waals surface area contributed by atoms with E-state index in [2.05, 4.69) is 11.9 Å². The average Bonchev–Trinajstić information content (AvgIpc) is 2.32. The van der Waals surface area contributed by atoms with Crippen LogP contribution in [0.3, 0.4) is 0 Å². The molecule has 1 rings (SSSR count). The minimum atomic E-state index is -1.79. The van der Waals surface area contributed by atoms with Gasteiger partial charge in [-0.25, -0.2) is 9.78 Å². The number of carboxylic acid groups (broad SMARTS) is 2. The summed E-state index contributed by atoms with van der Waals surface area (Å²) in [6, 6.07) is 1.93. The predicted molar refractivity (Wildman–Crippen MR) is 65.9 cm³/mol. The van der Waals surface area contributed by atoms with Crippen LogP contribution in [-0.2, 0) is 16.0 Å². The van der Waals surface area contributed by atoms with Crippen LogP contribution in [0.5, 0.6) is 5.88 Å². The number of aromatic hydroxyl groups is 1. The van der Waals surface area contributed by atoms with Gasteiger partial charge in [0.25, 0.3) is 0 Å². The van der Waals surface area contributed by atoms with E-state index in [1.807, 2.05) is 13.0 Å². The molecule has 1 aromatic heterocycles. The van der Waals surface area contributed by atoms with Gasteiger partial charge in [-0.15, -0.1) is 0 Å². The Labute approximate surface area is 110 Å². The zero-order valence-electron chi connectivity index (χ0n) is 10.7. The lowest BCUT2D eigenvalue weighted by molar-refractivity contribution is -0.152. The third-order valence-electron chi connectivity index (χ3n) is 2.32. The van der Waals surface area contributed by atoms with Crippen LogP contribution < -0.4 is 0 Å². The fourth-order valence-electron chi connectivity index (χ4n) is 1.20. The Morgan fingerprint density at radius 3 is 2.26 bits per heavy atom. The summed E-state index contributed by atoms with van der Waals surface area (Å²) in [4.78, 5) is 23.2. The second-order valence-corrected chi connectivity index (χ2v) is 3.72. The SMILES string of the molecule is CCc1ccnc(O)c1C.O=C(O)CC(O)C(=O)O. The van der Waals surface area contributed by atoms with Crippen molar-refractivity contribution in [2.45, 2.75) is 32.8 Å². The fraction of sp³-hybridized carbons (Fsp3) is 0.417. The quantitative estimate of drug-likeness (QED) is 0.630. The number of aryl methyl sites for hydroxylation is 1. The molecule has 0 bridgehead atoms. The Morgan fingerprint density at radius 1 is 1.37 bits per heavy atom. The van der Waals surface area contributed by atoms with Crippen molar-refractivity contribution in [3.05, 3.63) is 23.4 Å². The smallest absolute Gasteiger partial charge is 0.333 e. The summed E-state index contributed by atoms with van der Waals surface area (Å²) in [5.74, 6) is -2.69. The molecule has 1 unspecified atom stereocenters. The second kappa shape index (κ2) is 8.04. The van der Waals surface area contributed by atoms with Crippen molar-refractivity contribution in [3.8, 4) is 5.88 Å². The minimum Gasteiger partial charge on any atom is -0.493 e. The lowest BCUT2D eigenvalue weighted by Gasteiger charge is -2.01. The Morgan fingerprint density at radius 2 is 1.95 bits per heavy atom. The maximum absolute atomic E-state index is 9.72. The van der Waals surface area contributed by atoms with E-state index in [-0.39, 0.29) is 5.88 Å². The van der Waals surface area contributed by atoms with E-state index in [0.717, 1.165) is 17.5 Å². The number of carboxylic acids is 2. The third-order valence-corrected chi connectivity index (χ3v) is 2.32. The molecule has 0 spiro atoms. The van der Waals surface area contributed by atoms with Crippen LogP contribution in [0, 0.1) is 6.92 Å². The molecule has 7 heteroatoms. The van der Waals surface area contributed by atoms with E-state index in [4.69, 9.17) is 20.4 Å². The highest BCUT2D eigenvalue weighted by Gasteiger charge is 2.16. The number of aliphatic carboxylic acids is 2. The first-order valence-electron chi connectivity index (χ1n) is 5.55. The largest absolute Gasteiger partial charge is 0.493 e. The number of rotatable bonds is 4. The molecule has 4 N–H and O–H groups in total. The summed E-state index contributed by atoms with van der Waals surface area (Å²) in [6.45, 7) is 3.93. The highest BCUT2D eigenvalue weighted by molar-refractivity contribution is 5.79. The van der Waals surface area contributed by atoms with Crippen molar-refractivity contribution < 1.29 is 30.0 Å². The molecule has 0 fully saturated rings. The van der Waals surface area contributed by atoms with Crippen LogP contribution in [0.4, 0.5) is 0 Å². The number of nitrogens with zero attached hydrogens (tertiary/aromatic N) is 1. The van der Waals surface area contributed by atoms with Gasteiger partial charge in [-0.05, 0) is 25.0 Å². The molecular formula is C12H17NO6.